The van der Waals surface area contributed by atoms with Crippen LogP contribution in [0.2, 0.25) is 0 Å². The lowest BCUT2D eigenvalue weighted by atomic mass is 9.97. The van der Waals surface area contributed by atoms with Crippen molar-refractivity contribution in [3.63, 3.8) is 0 Å². The fourth-order valence-electron chi connectivity index (χ4n) is 2.22. The average Bonchev–Trinajstić information content (AvgIpc) is 2.55. The van der Waals surface area contributed by atoms with Crippen LogP contribution in [0, 0.1) is 0 Å². The fraction of sp³-hybridized carbons (Fsp3) is 0.278. The minimum atomic E-state index is 0.493. The first-order chi connectivity index (χ1) is 10.6. The summed E-state index contributed by atoms with van der Waals surface area (Å²) in [7, 11) is 1.65. The molecule has 0 spiro atoms. The largest absolute Gasteiger partial charge is 0.497 e. The van der Waals surface area contributed by atoms with E-state index in [2.05, 4.69) is 42.7 Å². The first-order valence-corrected chi connectivity index (χ1v) is 7.85. The highest BCUT2D eigenvalue weighted by atomic mass is 32.1. The summed E-state index contributed by atoms with van der Waals surface area (Å²) in [6, 6.07) is 16.0. The lowest BCUT2D eigenvalue weighted by Gasteiger charge is -2.17. The van der Waals surface area contributed by atoms with Crippen LogP contribution in [0.25, 0.3) is 0 Å². The van der Waals surface area contributed by atoms with E-state index in [0.29, 0.717) is 11.0 Å². The van der Waals surface area contributed by atoms with Gasteiger partial charge >= 0.3 is 0 Å². The third-order valence-electron chi connectivity index (χ3n) is 3.70. The summed E-state index contributed by atoms with van der Waals surface area (Å²) in [4.78, 5) is 0. The maximum absolute atomic E-state index is 5.41. The van der Waals surface area contributed by atoms with Crippen molar-refractivity contribution in [3.05, 3.63) is 54.1 Å². The van der Waals surface area contributed by atoms with Crippen LogP contribution in [0.5, 0.6) is 5.75 Å². The standard InChI is InChI=1S/C18H22N2OS/c1-4-13(2)16-7-5-6-8-17(16)20-18(22)19-14-9-11-15(21-3)12-10-14/h5-13H,4H2,1-3H3,(H2,19,20,22). The lowest BCUT2D eigenvalue weighted by molar-refractivity contribution is 0.415. The Kier molecular flexibility index (Phi) is 5.78. The van der Waals surface area contributed by atoms with Crippen molar-refractivity contribution in [1.82, 2.24) is 0 Å². The molecular weight excluding hydrogens is 292 g/mol. The van der Waals surface area contributed by atoms with Crippen LogP contribution in [0.4, 0.5) is 11.4 Å². The van der Waals surface area contributed by atoms with Crippen LogP contribution in [-0.2, 0) is 0 Å². The summed E-state index contributed by atoms with van der Waals surface area (Å²) in [6.45, 7) is 4.41. The molecule has 1 unspecified atom stereocenters. The number of rotatable bonds is 5. The smallest absolute Gasteiger partial charge is 0.175 e. The molecule has 2 N–H and O–H groups in total. The third kappa shape index (κ3) is 4.21. The molecule has 0 aromatic heterocycles. The average molecular weight is 314 g/mol. The zero-order chi connectivity index (χ0) is 15.9. The van der Waals surface area contributed by atoms with Gasteiger partial charge in [-0.25, -0.2) is 0 Å². The number of hydrogen-bond acceptors (Lipinski definition) is 2. The second-order valence-electron chi connectivity index (χ2n) is 5.20. The molecule has 0 saturated carbocycles. The van der Waals surface area contributed by atoms with E-state index >= 15 is 0 Å². The molecular formula is C18H22N2OS. The Morgan fingerprint density at radius 2 is 1.77 bits per heavy atom. The summed E-state index contributed by atoms with van der Waals surface area (Å²) in [5, 5.41) is 7.07. The highest BCUT2D eigenvalue weighted by molar-refractivity contribution is 7.80. The number of thiocarbonyl (C=S) groups is 1. The van der Waals surface area contributed by atoms with Crippen LogP contribution in [0.15, 0.2) is 48.5 Å². The molecule has 116 valence electrons. The Bertz CT molecular complexity index is 625. The Balaban J connectivity index is 2.05. The molecule has 0 amide bonds. The van der Waals surface area contributed by atoms with Gasteiger partial charge in [0.2, 0.25) is 0 Å². The number of nitrogens with one attached hydrogen (secondary N) is 2. The molecule has 0 bridgehead atoms. The van der Waals surface area contributed by atoms with Gasteiger partial charge < -0.3 is 15.4 Å². The number of hydrogen-bond donors (Lipinski definition) is 2. The quantitative estimate of drug-likeness (QED) is 0.759. The zero-order valence-corrected chi connectivity index (χ0v) is 14.0. The van der Waals surface area contributed by atoms with Gasteiger partial charge in [0.15, 0.2) is 5.11 Å². The molecule has 22 heavy (non-hydrogen) atoms. The summed E-state index contributed by atoms with van der Waals surface area (Å²) in [5.41, 5.74) is 3.27. The van der Waals surface area contributed by atoms with Crippen molar-refractivity contribution in [2.24, 2.45) is 0 Å². The number of para-hydroxylation sites is 1. The second kappa shape index (κ2) is 7.80. The molecule has 0 aliphatic rings. The number of ether oxygens (including phenoxy) is 1. The Morgan fingerprint density at radius 3 is 2.41 bits per heavy atom. The van der Waals surface area contributed by atoms with Gasteiger partial charge in [0, 0.05) is 11.4 Å². The van der Waals surface area contributed by atoms with Gasteiger partial charge in [-0.05, 0) is 60.5 Å². The maximum Gasteiger partial charge on any atom is 0.175 e. The molecule has 0 aliphatic carbocycles. The molecule has 4 heteroatoms. The second-order valence-corrected chi connectivity index (χ2v) is 5.61. The van der Waals surface area contributed by atoms with E-state index in [9.17, 15) is 0 Å². The molecule has 1 atom stereocenters. The summed E-state index contributed by atoms with van der Waals surface area (Å²) < 4.78 is 5.15. The van der Waals surface area contributed by atoms with Gasteiger partial charge in [-0.3, -0.25) is 0 Å². The number of benzene rings is 2. The Morgan fingerprint density at radius 1 is 1.09 bits per heavy atom. The summed E-state index contributed by atoms with van der Waals surface area (Å²) in [5.74, 6) is 1.32. The summed E-state index contributed by atoms with van der Waals surface area (Å²) >= 11 is 5.41. The molecule has 0 aliphatic heterocycles. The van der Waals surface area contributed by atoms with Gasteiger partial charge in [0.1, 0.15) is 5.75 Å². The number of anilines is 2. The van der Waals surface area contributed by atoms with Crippen molar-refractivity contribution in [3.8, 4) is 5.75 Å². The van der Waals surface area contributed by atoms with Crippen molar-refractivity contribution in [2.45, 2.75) is 26.2 Å². The van der Waals surface area contributed by atoms with Crippen LogP contribution in [0.3, 0.4) is 0 Å². The predicted molar refractivity (Wildman–Crippen MR) is 98.0 cm³/mol. The van der Waals surface area contributed by atoms with E-state index < -0.39 is 0 Å². The van der Waals surface area contributed by atoms with Gasteiger partial charge in [-0.1, -0.05) is 32.0 Å². The minimum absolute atomic E-state index is 0.493. The van der Waals surface area contributed by atoms with Gasteiger partial charge in [0.05, 0.1) is 7.11 Å². The van der Waals surface area contributed by atoms with Gasteiger partial charge in [0.25, 0.3) is 0 Å². The van der Waals surface area contributed by atoms with Gasteiger partial charge in [-0.15, -0.1) is 0 Å². The van der Waals surface area contributed by atoms with Crippen molar-refractivity contribution >= 4 is 28.7 Å². The molecule has 0 fully saturated rings. The Labute approximate surface area is 137 Å². The van der Waals surface area contributed by atoms with Crippen LogP contribution in [0.1, 0.15) is 31.7 Å². The van der Waals surface area contributed by atoms with Crippen molar-refractivity contribution in [1.29, 1.82) is 0 Å². The molecule has 2 aromatic rings. The fourth-order valence-corrected chi connectivity index (χ4v) is 2.45. The summed E-state index contributed by atoms with van der Waals surface area (Å²) in [6.07, 6.45) is 1.09. The van der Waals surface area contributed by atoms with E-state index in [1.165, 1.54) is 5.56 Å². The molecule has 0 saturated heterocycles. The van der Waals surface area contributed by atoms with E-state index in [1.54, 1.807) is 7.11 Å². The third-order valence-corrected chi connectivity index (χ3v) is 3.90. The van der Waals surface area contributed by atoms with Crippen LogP contribution in [-0.4, -0.2) is 12.2 Å². The SMILES string of the molecule is CCC(C)c1ccccc1NC(=S)Nc1ccc(OC)cc1. The monoisotopic (exact) mass is 314 g/mol. The Hall–Kier alpha value is -2.07. The molecule has 3 nitrogen and oxygen atoms in total. The first-order valence-electron chi connectivity index (χ1n) is 7.45. The zero-order valence-electron chi connectivity index (χ0n) is 13.2. The molecule has 0 radical (unpaired) electrons. The van der Waals surface area contributed by atoms with E-state index in [1.807, 2.05) is 30.3 Å². The highest BCUT2D eigenvalue weighted by Gasteiger charge is 2.09. The van der Waals surface area contributed by atoms with Crippen LogP contribution >= 0.6 is 12.2 Å². The minimum Gasteiger partial charge on any atom is -0.497 e. The van der Waals surface area contributed by atoms with E-state index in [0.717, 1.165) is 23.5 Å². The molecule has 0 heterocycles. The topological polar surface area (TPSA) is 33.3 Å². The molecule has 2 aromatic carbocycles. The highest BCUT2D eigenvalue weighted by Crippen LogP contribution is 2.26. The maximum atomic E-state index is 5.41. The van der Waals surface area contributed by atoms with Crippen LogP contribution < -0.4 is 15.4 Å². The van der Waals surface area contributed by atoms with Crippen molar-refractivity contribution < 1.29 is 4.74 Å². The normalized spacial score (nSPS) is 11.6. The molecule has 2 rings (SSSR count). The predicted octanol–water partition coefficient (Wildman–Crippen LogP) is 5.02. The number of methoxy groups -OCH3 is 1. The first kappa shape index (κ1) is 16.3. The lowest BCUT2D eigenvalue weighted by Crippen LogP contribution is -2.20. The van der Waals surface area contributed by atoms with E-state index in [4.69, 9.17) is 17.0 Å². The van der Waals surface area contributed by atoms with Crippen molar-refractivity contribution in [2.75, 3.05) is 17.7 Å². The van der Waals surface area contributed by atoms with E-state index in [-0.39, 0.29) is 0 Å². The van der Waals surface area contributed by atoms with Gasteiger partial charge in [-0.2, -0.15) is 0 Å².